The third kappa shape index (κ3) is 4.51. The van der Waals surface area contributed by atoms with Gasteiger partial charge in [-0.2, -0.15) is 0 Å². The van der Waals surface area contributed by atoms with Gasteiger partial charge in [-0.05, 0) is 87.6 Å². The lowest BCUT2D eigenvalue weighted by Crippen LogP contribution is -2.10. The number of para-hydroxylation sites is 3. The molecule has 0 radical (unpaired) electrons. The van der Waals surface area contributed by atoms with E-state index in [1.165, 1.54) is 21.9 Å². The quantitative estimate of drug-likeness (QED) is 0.190. The summed E-state index contributed by atoms with van der Waals surface area (Å²) in [5.74, 6) is 0. The maximum atomic E-state index is 6.60. The number of anilines is 3. The number of furan rings is 2. The van der Waals surface area contributed by atoms with Crippen molar-refractivity contribution in [3.05, 3.63) is 176 Å². The molecule has 2 aromatic heterocycles. The predicted octanol–water partition coefficient (Wildman–Crippen LogP) is 13.4. The van der Waals surface area contributed by atoms with Crippen LogP contribution in [0.4, 0.5) is 17.1 Å². The molecule has 0 N–H and O–H groups in total. The van der Waals surface area contributed by atoms with Gasteiger partial charge in [0.15, 0.2) is 5.58 Å². The Morgan fingerprint density at radius 2 is 1.04 bits per heavy atom. The normalized spacial score (nSPS) is 11.7. The first-order chi connectivity index (χ1) is 24.3. The summed E-state index contributed by atoms with van der Waals surface area (Å²) in [7, 11) is 0. The molecule has 0 saturated carbocycles. The van der Waals surface area contributed by atoms with E-state index in [0.717, 1.165) is 72.1 Å². The van der Waals surface area contributed by atoms with E-state index in [1.54, 1.807) is 0 Å². The zero-order valence-corrected chi connectivity index (χ0v) is 26.5. The maximum Gasteiger partial charge on any atom is 0.159 e. The number of rotatable bonds is 5. The van der Waals surface area contributed by atoms with E-state index >= 15 is 0 Å². The second-order valence-corrected chi connectivity index (χ2v) is 12.5. The minimum atomic E-state index is 0.857. The Morgan fingerprint density at radius 3 is 1.92 bits per heavy atom. The molecule has 0 aliphatic rings. The lowest BCUT2D eigenvalue weighted by molar-refractivity contribution is 0.668. The SMILES string of the molecule is c1cc(-c2cccc3oc4ccccc4c23)cc(N(c2ccc(-c3ccc4ccccc4c3)cc2)c2cccc3c2oc2ccccc23)c1. The van der Waals surface area contributed by atoms with Crippen LogP contribution in [0.15, 0.2) is 185 Å². The first-order valence-corrected chi connectivity index (χ1v) is 16.6. The molecular weight excluding hydrogens is 599 g/mol. The minimum Gasteiger partial charge on any atom is -0.456 e. The predicted molar refractivity (Wildman–Crippen MR) is 204 cm³/mol. The van der Waals surface area contributed by atoms with Crippen LogP contribution in [0.2, 0.25) is 0 Å². The highest BCUT2D eigenvalue weighted by Crippen LogP contribution is 2.44. The summed E-state index contributed by atoms with van der Waals surface area (Å²) < 4.78 is 12.9. The molecule has 0 bridgehead atoms. The Bertz CT molecular complexity index is 2840. The average Bonchev–Trinajstić information content (AvgIpc) is 3.74. The Kier molecular flexibility index (Phi) is 6.18. The Balaban J connectivity index is 1.16. The van der Waals surface area contributed by atoms with Crippen molar-refractivity contribution in [3.63, 3.8) is 0 Å². The number of hydrogen-bond acceptors (Lipinski definition) is 3. The van der Waals surface area contributed by atoms with Crippen molar-refractivity contribution in [2.75, 3.05) is 4.90 Å². The summed E-state index contributed by atoms with van der Waals surface area (Å²) in [6.07, 6.45) is 0. The maximum absolute atomic E-state index is 6.60. The molecule has 2 heterocycles. The minimum absolute atomic E-state index is 0.857. The molecule has 3 heteroatoms. The first kappa shape index (κ1) is 27.5. The summed E-state index contributed by atoms with van der Waals surface area (Å²) in [6.45, 7) is 0. The molecule has 0 amide bonds. The summed E-state index contributed by atoms with van der Waals surface area (Å²) in [4.78, 5) is 2.31. The first-order valence-electron chi connectivity index (χ1n) is 16.6. The molecule has 49 heavy (non-hydrogen) atoms. The van der Waals surface area contributed by atoms with E-state index in [2.05, 4.69) is 150 Å². The van der Waals surface area contributed by atoms with E-state index < -0.39 is 0 Å². The fourth-order valence-electron chi connectivity index (χ4n) is 7.34. The van der Waals surface area contributed by atoms with E-state index in [1.807, 2.05) is 30.3 Å². The number of nitrogens with zero attached hydrogens (tertiary/aromatic N) is 1. The Hall–Kier alpha value is -6.58. The second-order valence-electron chi connectivity index (χ2n) is 12.5. The molecule has 0 atom stereocenters. The van der Waals surface area contributed by atoms with Gasteiger partial charge in [0.2, 0.25) is 0 Å². The number of hydrogen-bond donors (Lipinski definition) is 0. The molecular formula is C46H29NO2. The molecule has 0 unspecified atom stereocenters. The van der Waals surface area contributed by atoms with Gasteiger partial charge in [0.05, 0.1) is 5.69 Å². The van der Waals surface area contributed by atoms with Crippen LogP contribution in [0.3, 0.4) is 0 Å². The zero-order valence-electron chi connectivity index (χ0n) is 26.5. The second kappa shape index (κ2) is 11.0. The van der Waals surface area contributed by atoms with Crippen molar-refractivity contribution < 1.29 is 8.83 Å². The standard InChI is InChI=1S/C46H29NO2/c1-2-11-32-28-33(23-22-30(32)10-1)31-24-26-35(27-25-31)47(41-18-8-17-39-38-14-3-5-19-42(38)49-46(39)41)36-13-7-12-34(29-36)37-16-9-21-44-45(37)40-15-4-6-20-43(40)48-44/h1-29H. The van der Waals surface area contributed by atoms with E-state index in [0.29, 0.717) is 0 Å². The van der Waals surface area contributed by atoms with Crippen LogP contribution in [-0.4, -0.2) is 0 Å². The fourth-order valence-corrected chi connectivity index (χ4v) is 7.34. The van der Waals surface area contributed by atoms with Crippen LogP contribution in [0.5, 0.6) is 0 Å². The number of benzene rings is 8. The summed E-state index contributed by atoms with van der Waals surface area (Å²) in [5.41, 5.74) is 11.2. The molecule has 8 aromatic carbocycles. The molecule has 0 aliphatic carbocycles. The number of fused-ring (bicyclic) bond motifs is 7. The average molecular weight is 628 g/mol. The summed E-state index contributed by atoms with van der Waals surface area (Å²) in [5, 5.41) is 6.92. The lowest BCUT2D eigenvalue weighted by atomic mass is 9.98. The highest BCUT2D eigenvalue weighted by Gasteiger charge is 2.20. The summed E-state index contributed by atoms with van der Waals surface area (Å²) >= 11 is 0. The van der Waals surface area contributed by atoms with E-state index in [-0.39, 0.29) is 0 Å². The van der Waals surface area contributed by atoms with Crippen molar-refractivity contribution in [1.29, 1.82) is 0 Å². The molecule has 0 fully saturated rings. The topological polar surface area (TPSA) is 29.5 Å². The van der Waals surface area contributed by atoms with Crippen LogP contribution >= 0.6 is 0 Å². The molecule has 0 spiro atoms. The van der Waals surface area contributed by atoms with Gasteiger partial charge < -0.3 is 13.7 Å². The third-order valence-corrected chi connectivity index (χ3v) is 9.65. The largest absolute Gasteiger partial charge is 0.456 e. The van der Waals surface area contributed by atoms with Gasteiger partial charge in [0, 0.05) is 32.9 Å². The van der Waals surface area contributed by atoms with Gasteiger partial charge >= 0.3 is 0 Å². The lowest BCUT2D eigenvalue weighted by Gasteiger charge is -2.26. The molecule has 10 rings (SSSR count). The van der Waals surface area contributed by atoms with Gasteiger partial charge in [-0.3, -0.25) is 0 Å². The van der Waals surface area contributed by atoms with Crippen LogP contribution in [0.25, 0.3) is 76.9 Å². The van der Waals surface area contributed by atoms with Crippen LogP contribution in [0.1, 0.15) is 0 Å². The molecule has 0 saturated heterocycles. The van der Waals surface area contributed by atoms with Crippen molar-refractivity contribution in [2.45, 2.75) is 0 Å². The zero-order chi connectivity index (χ0) is 32.3. The van der Waals surface area contributed by atoms with Gasteiger partial charge in [0.1, 0.15) is 16.7 Å². The third-order valence-electron chi connectivity index (χ3n) is 9.65. The van der Waals surface area contributed by atoms with Gasteiger partial charge in [-0.1, -0.05) is 121 Å². The molecule has 0 aliphatic heterocycles. The van der Waals surface area contributed by atoms with Crippen molar-refractivity contribution in [3.8, 4) is 22.3 Å². The summed E-state index contributed by atoms with van der Waals surface area (Å²) in [6, 6.07) is 62.0. The van der Waals surface area contributed by atoms with Crippen molar-refractivity contribution in [2.24, 2.45) is 0 Å². The molecule has 10 aromatic rings. The van der Waals surface area contributed by atoms with E-state index in [4.69, 9.17) is 8.83 Å². The van der Waals surface area contributed by atoms with E-state index in [9.17, 15) is 0 Å². The molecule has 3 nitrogen and oxygen atoms in total. The van der Waals surface area contributed by atoms with Crippen LogP contribution in [0, 0.1) is 0 Å². The highest BCUT2D eigenvalue weighted by molar-refractivity contribution is 6.13. The fraction of sp³-hybridized carbons (Fsp3) is 0. The smallest absolute Gasteiger partial charge is 0.159 e. The van der Waals surface area contributed by atoms with Gasteiger partial charge in [-0.15, -0.1) is 0 Å². The Morgan fingerprint density at radius 1 is 0.367 bits per heavy atom. The van der Waals surface area contributed by atoms with Crippen LogP contribution < -0.4 is 4.90 Å². The molecule has 230 valence electrons. The van der Waals surface area contributed by atoms with Gasteiger partial charge in [0.25, 0.3) is 0 Å². The monoisotopic (exact) mass is 627 g/mol. The Labute approximate surface area is 282 Å². The van der Waals surface area contributed by atoms with Gasteiger partial charge in [-0.25, -0.2) is 0 Å². The van der Waals surface area contributed by atoms with Crippen LogP contribution in [-0.2, 0) is 0 Å². The van der Waals surface area contributed by atoms with Crippen molar-refractivity contribution >= 4 is 71.7 Å². The highest BCUT2D eigenvalue weighted by atomic mass is 16.3. The van der Waals surface area contributed by atoms with Crippen molar-refractivity contribution in [1.82, 2.24) is 0 Å².